The largest absolute Gasteiger partial charge is 0.381 e. The van der Waals surface area contributed by atoms with Crippen molar-refractivity contribution in [1.82, 2.24) is 19.7 Å². The molecule has 2 atom stereocenters. The van der Waals surface area contributed by atoms with Gasteiger partial charge in [-0.25, -0.2) is 4.68 Å². The zero-order chi connectivity index (χ0) is 17.7. The Kier molecular flexibility index (Phi) is 4.26. The minimum absolute atomic E-state index is 0.290. The van der Waals surface area contributed by atoms with Crippen molar-refractivity contribution < 1.29 is 9.47 Å². The van der Waals surface area contributed by atoms with Crippen LogP contribution in [0, 0.1) is 0 Å². The van der Waals surface area contributed by atoms with Gasteiger partial charge < -0.3 is 14.4 Å². The van der Waals surface area contributed by atoms with E-state index >= 15 is 0 Å². The van der Waals surface area contributed by atoms with Gasteiger partial charge in [-0.1, -0.05) is 0 Å². The molecule has 4 heterocycles. The van der Waals surface area contributed by atoms with E-state index in [1.54, 1.807) is 7.11 Å². The molecule has 0 aromatic carbocycles. The minimum Gasteiger partial charge on any atom is -0.381 e. The van der Waals surface area contributed by atoms with Crippen molar-refractivity contribution in [2.75, 3.05) is 25.1 Å². The van der Waals surface area contributed by atoms with Crippen LogP contribution in [-0.2, 0) is 9.47 Å². The van der Waals surface area contributed by atoms with E-state index in [9.17, 15) is 0 Å². The van der Waals surface area contributed by atoms with Gasteiger partial charge in [0.05, 0.1) is 35.9 Å². The number of morpholine rings is 1. The van der Waals surface area contributed by atoms with E-state index in [0.29, 0.717) is 29.6 Å². The molecule has 0 amide bonds. The molecule has 26 heavy (non-hydrogen) atoms. The van der Waals surface area contributed by atoms with Crippen LogP contribution in [0.4, 0.5) is 5.82 Å². The molecular weight excluding hydrogens is 354 g/mol. The molecule has 2 aromatic heterocycles. The second-order valence-electron chi connectivity index (χ2n) is 7.67. The highest BCUT2D eigenvalue weighted by Crippen LogP contribution is 2.35. The minimum atomic E-state index is 0.290. The summed E-state index contributed by atoms with van der Waals surface area (Å²) in [6.07, 6.45) is 9.35. The number of nitrogens with zero attached hydrogens (tertiary/aromatic N) is 5. The molecule has 140 valence electrons. The molecule has 2 unspecified atom stereocenters. The summed E-state index contributed by atoms with van der Waals surface area (Å²) in [6.45, 7) is 1.73. The third-order valence-corrected chi connectivity index (χ3v) is 6.24. The number of halogens is 1. The second kappa shape index (κ2) is 6.62. The second-order valence-corrected chi connectivity index (χ2v) is 8.01. The Morgan fingerprint density at radius 1 is 1.08 bits per heavy atom. The summed E-state index contributed by atoms with van der Waals surface area (Å²) >= 11 is 6.30. The number of fused-ring (bicyclic) bond motifs is 3. The first-order chi connectivity index (χ1) is 12.7. The normalized spacial score (nSPS) is 31.7. The lowest BCUT2D eigenvalue weighted by atomic mass is 9.93. The van der Waals surface area contributed by atoms with Gasteiger partial charge >= 0.3 is 0 Å². The predicted molar refractivity (Wildman–Crippen MR) is 98.7 cm³/mol. The molecule has 7 nitrogen and oxygen atoms in total. The van der Waals surface area contributed by atoms with E-state index in [-0.39, 0.29) is 0 Å². The Balaban J connectivity index is 1.48. The molecule has 3 fully saturated rings. The summed E-state index contributed by atoms with van der Waals surface area (Å²) in [5, 5.41) is 5.96. The lowest BCUT2D eigenvalue weighted by Crippen LogP contribution is -2.43. The monoisotopic (exact) mass is 377 g/mol. The molecule has 0 N–H and O–H groups in total. The summed E-state index contributed by atoms with van der Waals surface area (Å²) in [5.74, 6) is 0.900. The van der Waals surface area contributed by atoms with Crippen molar-refractivity contribution in [2.45, 2.75) is 62.9 Å². The molecular formula is C18H24ClN5O2. The number of anilines is 1. The SMILES string of the molecule is COC1CCC(n2ncc3c(N4CC5CCC(C4)O5)nc(Cl)nc32)CC1. The van der Waals surface area contributed by atoms with E-state index in [2.05, 4.69) is 20.0 Å². The predicted octanol–water partition coefficient (Wildman–Crippen LogP) is 2.98. The summed E-state index contributed by atoms with van der Waals surface area (Å²) < 4.78 is 13.5. The number of rotatable bonds is 3. The third kappa shape index (κ3) is 2.86. The summed E-state index contributed by atoms with van der Waals surface area (Å²) in [7, 11) is 1.79. The molecule has 8 heteroatoms. The Labute approximate surface area is 157 Å². The van der Waals surface area contributed by atoms with Gasteiger partial charge in [0.1, 0.15) is 5.82 Å². The van der Waals surface area contributed by atoms with Crippen molar-refractivity contribution in [2.24, 2.45) is 0 Å². The van der Waals surface area contributed by atoms with Crippen LogP contribution in [0.3, 0.4) is 0 Å². The lowest BCUT2D eigenvalue weighted by Gasteiger charge is -2.33. The maximum atomic E-state index is 6.30. The number of hydrogen-bond acceptors (Lipinski definition) is 6. The topological polar surface area (TPSA) is 65.3 Å². The van der Waals surface area contributed by atoms with Gasteiger partial charge in [0.25, 0.3) is 0 Å². The smallest absolute Gasteiger partial charge is 0.226 e. The fraction of sp³-hybridized carbons (Fsp3) is 0.722. The van der Waals surface area contributed by atoms with Gasteiger partial charge in [0.15, 0.2) is 5.65 Å². The lowest BCUT2D eigenvalue weighted by molar-refractivity contribution is 0.0303. The molecule has 5 rings (SSSR count). The molecule has 0 spiro atoms. The van der Waals surface area contributed by atoms with Gasteiger partial charge in [-0.2, -0.15) is 15.1 Å². The van der Waals surface area contributed by atoms with Gasteiger partial charge in [0, 0.05) is 20.2 Å². The van der Waals surface area contributed by atoms with Gasteiger partial charge in [-0.05, 0) is 50.1 Å². The molecule has 2 bridgehead atoms. The first-order valence-electron chi connectivity index (χ1n) is 9.55. The van der Waals surface area contributed by atoms with Crippen LogP contribution in [0.2, 0.25) is 5.28 Å². The molecule has 2 aliphatic heterocycles. The quantitative estimate of drug-likeness (QED) is 0.766. The zero-order valence-electron chi connectivity index (χ0n) is 15.0. The third-order valence-electron chi connectivity index (χ3n) is 6.07. The number of aromatic nitrogens is 4. The van der Waals surface area contributed by atoms with Crippen LogP contribution in [-0.4, -0.2) is 58.3 Å². The maximum Gasteiger partial charge on any atom is 0.226 e. The number of hydrogen-bond donors (Lipinski definition) is 0. The fourth-order valence-corrected chi connectivity index (χ4v) is 4.87. The average molecular weight is 378 g/mol. The average Bonchev–Trinajstić information content (AvgIpc) is 3.23. The van der Waals surface area contributed by atoms with E-state index in [1.807, 2.05) is 10.9 Å². The molecule has 3 aliphatic rings. The van der Waals surface area contributed by atoms with Crippen LogP contribution in [0.5, 0.6) is 0 Å². The first kappa shape index (κ1) is 16.7. The van der Waals surface area contributed by atoms with Crippen molar-refractivity contribution in [1.29, 1.82) is 0 Å². The van der Waals surface area contributed by atoms with Crippen LogP contribution >= 0.6 is 11.6 Å². The highest BCUT2D eigenvalue weighted by atomic mass is 35.5. The number of ether oxygens (including phenoxy) is 2. The van der Waals surface area contributed by atoms with Crippen molar-refractivity contribution in [3.63, 3.8) is 0 Å². The number of methoxy groups -OCH3 is 1. The van der Waals surface area contributed by atoms with Gasteiger partial charge in [-0.15, -0.1) is 0 Å². The van der Waals surface area contributed by atoms with E-state index < -0.39 is 0 Å². The van der Waals surface area contributed by atoms with Crippen LogP contribution in [0.1, 0.15) is 44.6 Å². The van der Waals surface area contributed by atoms with Crippen LogP contribution < -0.4 is 4.90 Å². The molecule has 1 saturated carbocycles. The van der Waals surface area contributed by atoms with E-state index in [0.717, 1.165) is 68.5 Å². The Hall–Kier alpha value is -1.44. The zero-order valence-corrected chi connectivity index (χ0v) is 15.7. The fourth-order valence-electron chi connectivity index (χ4n) is 4.71. The van der Waals surface area contributed by atoms with Gasteiger partial charge in [0.2, 0.25) is 5.28 Å². The van der Waals surface area contributed by atoms with Crippen molar-refractivity contribution in [3.8, 4) is 0 Å². The molecule has 2 aromatic rings. The molecule has 2 saturated heterocycles. The highest BCUT2D eigenvalue weighted by Gasteiger charge is 2.35. The Morgan fingerprint density at radius 2 is 1.81 bits per heavy atom. The van der Waals surface area contributed by atoms with Crippen molar-refractivity contribution in [3.05, 3.63) is 11.5 Å². The van der Waals surface area contributed by atoms with E-state index in [1.165, 1.54) is 0 Å². The molecule has 1 aliphatic carbocycles. The van der Waals surface area contributed by atoms with Gasteiger partial charge in [-0.3, -0.25) is 0 Å². The highest BCUT2D eigenvalue weighted by molar-refractivity contribution is 6.28. The summed E-state index contributed by atoms with van der Waals surface area (Å²) in [4.78, 5) is 11.4. The molecule has 0 radical (unpaired) electrons. The van der Waals surface area contributed by atoms with Crippen molar-refractivity contribution >= 4 is 28.5 Å². The standard InChI is InChI=1S/C18H24ClN5O2/c1-25-12-4-2-11(3-5-12)24-17-15(8-20-24)16(21-18(19)22-17)23-9-13-6-7-14(10-23)26-13/h8,11-14H,2-7,9-10H2,1H3. The summed E-state index contributed by atoms with van der Waals surface area (Å²) in [5.41, 5.74) is 0.847. The summed E-state index contributed by atoms with van der Waals surface area (Å²) in [6, 6.07) is 0.346. The van der Waals surface area contributed by atoms with Crippen LogP contribution in [0.15, 0.2) is 6.20 Å². The Morgan fingerprint density at radius 3 is 2.50 bits per heavy atom. The van der Waals surface area contributed by atoms with Crippen LogP contribution in [0.25, 0.3) is 11.0 Å². The van der Waals surface area contributed by atoms with E-state index in [4.69, 9.17) is 21.1 Å². The first-order valence-corrected chi connectivity index (χ1v) is 9.93. The Bertz CT molecular complexity index is 792. The maximum absolute atomic E-state index is 6.30.